The van der Waals surface area contributed by atoms with Crippen molar-refractivity contribution in [3.8, 4) is 0 Å². The van der Waals surface area contributed by atoms with Crippen molar-refractivity contribution in [2.75, 3.05) is 6.54 Å². The standard InChI is InChI=1S/C16H19ClFNS/c1-4-7-19-15(14-8-11(3)16(17)20-14)13-9-12(18)6-5-10(13)2/h5-6,8-9,15,19H,4,7H2,1-3H3. The third kappa shape index (κ3) is 3.40. The molecular formula is C16H19ClFNS. The van der Waals surface area contributed by atoms with Gasteiger partial charge in [-0.05, 0) is 61.7 Å². The summed E-state index contributed by atoms with van der Waals surface area (Å²) in [7, 11) is 0. The van der Waals surface area contributed by atoms with Crippen LogP contribution in [-0.2, 0) is 0 Å². The number of thiophene rings is 1. The van der Waals surface area contributed by atoms with Gasteiger partial charge in [-0.25, -0.2) is 4.39 Å². The molecule has 0 saturated heterocycles. The Bertz CT molecular complexity index is 575. The summed E-state index contributed by atoms with van der Waals surface area (Å²) < 4.78 is 14.4. The van der Waals surface area contributed by atoms with Gasteiger partial charge in [0.05, 0.1) is 10.4 Å². The molecule has 0 radical (unpaired) electrons. The first kappa shape index (κ1) is 15.5. The maximum Gasteiger partial charge on any atom is 0.123 e. The highest BCUT2D eigenvalue weighted by Crippen LogP contribution is 2.35. The van der Waals surface area contributed by atoms with E-state index in [9.17, 15) is 4.39 Å². The predicted molar refractivity (Wildman–Crippen MR) is 85.3 cm³/mol. The lowest BCUT2D eigenvalue weighted by atomic mass is 9.99. The van der Waals surface area contributed by atoms with Gasteiger partial charge >= 0.3 is 0 Å². The molecule has 0 spiro atoms. The first-order valence-electron chi connectivity index (χ1n) is 6.78. The lowest BCUT2D eigenvalue weighted by Crippen LogP contribution is -2.23. The van der Waals surface area contributed by atoms with Gasteiger partial charge in [-0.1, -0.05) is 24.6 Å². The molecule has 1 nitrogen and oxygen atoms in total. The van der Waals surface area contributed by atoms with E-state index >= 15 is 0 Å². The molecule has 2 rings (SSSR count). The summed E-state index contributed by atoms with van der Waals surface area (Å²) in [5.41, 5.74) is 3.14. The fraction of sp³-hybridized carbons (Fsp3) is 0.375. The van der Waals surface area contributed by atoms with E-state index in [1.807, 2.05) is 19.9 Å². The van der Waals surface area contributed by atoms with E-state index in [4.69, 9.17) is 11.6 Å². The molecule has 0 aliphatic heterocycles. The van der Waals surface area contributed by atoms with Crippen LogP contribution in [0.4, 0.5) is 4.39 Å². The normalized spacial score (nSPS) is 12.7. The van der Waals surface area contributed by atoms with Crippen LogP contribution in [-0.4, -0.2) is 6.54 Å². The average molecular weight is 312 g/mol. The summed E-state index contributed by atoms with van der Waals surface area (Å²) >= 11 is 7.75. The topological polar surface area (TPSA) is 12.0 Å². The lowest BCUT2D eigenvalue weighted by molar-refractivity contribution is 0.588. The van der Waals surface area contributed by atoms with E-state index in [1.165, 1.54) is 6.07 Å². The Morgan fingerprint density at radius 1 is 1.25 bits per heavy atom. The third-order valence-corrected chi connectivity index (χ3v) is 4.93. The van der Waals surface area contributed by atoms with E-state index in [2.05, 4.69) is 18.3 Å². The maximum absolute atomic E-state index is 13.6. The molecule has 0 fully saturated rings. The average Bonchev–Trinajstić information content (AvgIpc) is 2.74. The second-order valence-electron chi connectivity index (χ2n) is 4.99. The summed E-state index contributed by atoms with van der Waals surface area (Å²) in [4.78, 5) is 1.13. The van der Waals surface area contributed by atoms with E-state index in [0.29, 0.717) is 0 Å². The Balaban J connectivity index is 2.43. The minimum absolute atomic E-state index is 0.00171. The van der Waals surface area contributed by atoms with Crippen molar-refractivity contribution < 1.29 is 4.39 Å². The number of hydrogen-bond acceptors (Lipinski definition) is 2. The zero-order valence-corrected chi connectivity index (χ0v) is 13.5. The number of halogens is 2. The number of nitrogens with one attached hydrogen (secondary N) is 1. The molecule has 0 aliphatic carbocycles. The number of rotatable bonds is 5. The molecule has 1 unspecified atom stereocenters. The highest BCUT2D eigenvalue weighted by Gasteiger charge is 2.19. The van der Waals surface area contributed by atoms with Gasteiger partial charge in [0.25, 0.3) is 0 Å². The molecule has 1 atom stereocenters. The summed E-state index contributed by atoms with van der Waals surface area (Å²) in [6.45, 7) is 7.01. The first-order chi connectivity index (χ1) is 9.52. The van der Waals surface area contributed by atoms with Gasteiger partial charge < -0.3 is 5.32 Å². The van der Waals surface area contributed by atoms with Crippen LogP contribution >= 0.6 is 22.9 Å². The van der Waals surface area contributed by atoms with E-state index in [0.717, 1.165) is 38.9 Å². The monoisotopic (exact) mass is 311 g/mol. The van der Waals surface area contributed by atoms with Crippen molar-refractivity contribution in [3.63, 3.8) is 0 Å². The predicted octanol–water partition coefficient (Wildman–Crippen LogP) is 5.25. The molecule has 0 saturated carbocycles. The van der Waals surface area contributed by atoms with E-state index in [-0.39, 0.29) is 11.9 Å². The largest absolute Gasteiger partial charge is 0.306 e. The molecule has 1 heterocycles. The Morgan fingerprint density at radius 2 is 2.00 bits per heavy atom. The van der Waals surface area contributed by atoms with Crippen molar-refractivity contribution in [3.05, 3.63) is 56.0 Å². The molecule has 2 aromatic rings. The van der Waals surface area contributed by atoms with Crippen LogP contribution in [0.2, 0.25) is 4.34 Å². The molecule has 4 heteroatoms. The summed E-state index contributed by atoms with van der Waals surface area (Å²) in [6.07, 6.45) is 1.03. The highest BCUT2D eigenvalue weighted by molar-refractivity contribution is 7.16. The van der Waals surface area contributed by atoms with Gasteiger partial charge in [0.1, 0.15) is 5.82 Å². The Morgan fingerprint density at radius 3 is 2.60 bits per heavy atom. The zero-order valence-electron chi connectivity index (χ0n) is 12.0. The Hall–Kier alpha value is -0.900. The quantitative estimate of drug-likeness (QED) is 0.795. The minimum atomic E-state index is -0.201. The molecule has 1 N–H and O–H groups in total. The second kappa shape index (κ2) is 6.70. The van der Waals surface area contributed by atoms with Gasteiger partial charge in [0.2, 0.25) is 0 Å². The molecule has 1 aromatic carbocycles. The second-order valence-corrected chi connectivity index (χ2v) is 6.68. The van der Waals surface area contributed by atoms with Crippen molar-refractivity contribution >= 4 is 22.9 Å². The molecule has 20 heavy (non-hydrogen) atoms. The summed E-state index contributed by atoms with van der Waals surface area (Å²) in [6, 6.07) is 7.04. The van der Waals surface area contributed by atoms with Crippen molar-refractivity contribution in [1.82, 2.24) is 5.32 Å². The van der Waals surface area contributed by atoms with E-state index in [1.54, 1.807) is 17.4 Å². The lowest BCUT2D eigenvalue weighted by Gasteiger charge is -2.20. The molecule has 0 amide bonds. The first-order valence-corrected chi connectivity index (χ1v) is 7.97. The van der Waals surface area contributed by atoms with Gasteiger partial charge in [0.15, 0.2) is 0 Å². The van der Waals surface area contributed by atoms with Crippen LogP contribution in [0.5, 0.6) is 0 Å². The Labute approximate surface area is 128 Å². The molecule has 0 bridgehead atoms. The minimum Gasteiger partial charge on any atom is -0.306 e. The van der Waals surface area contributed by atoms with Crippen LogP contribution < -0.4 is 5.32 Å². The Kier molecular flexibility index (Phi) is 5.19. The smallest absolute Gasteiger partial charge is 0.123 e. The summed E-state index contributed by atoms with van der Waals surface area (Å²) in [5.74, 6) is -0.201. The maximum atomic E-state index is 13.6. The highest BCUT2D eigenvalue weighted by atomic mass is 35.5. The third-order valence-electron chi connectivity index (χ3n) is 3.31. The SMILES string of the molecule is CCCNC(c1cc(C)c(Cl)s1)c1cc(F)ccc1C. The number of hydrogen-bond donors (Lipinski definition) is 1. The molecular weight excluding hydrogens is 293 g/mol. The molecule has 108 valence electrons. The fourth-order valence-electron chi connectivity index (χ4n) is 2.20. The van der Waals surface area contributed by atoms with Gasteiger partial charge in [-0.15, -0.1) is 11.3 Å². The van der Waals surface area contributed by atoms with Gasteiger partial charge in [-0.2, -0.15) is 0 Å². The molecule has 1 aromatic heterocycles. The number of aryl methyl sites for hydroxylation is 2. The van der Waals surface area contributed by atoms with Gasteiger partial charge in [0, 0.05) is 4.88 Å². The number of benzene rings is 1. The van der Waals surface area contributed by atoms with Gasteiger partial charge in [-0.3, -0.25) is 0 Å². The molecule has 0 aliphatic rings. The summed E-state index contributed by atoms with van der Waals surface area (Å²) in [5, 5.41) is 3.50. The van der Waals surface area contributed by atoms with Crippen LogP contribution in [0.25, 0.3) is 0 Å². The zero-order chi connectivity index (χ0) is 14.7. The van der Waals surface area contributed by atoms with Crippen molar-refractivity contribution in [1.29, 1.82) is 0 Å². The van der Waals surface area contributed by atoms with E-state index < -0.39 is 0 Å². The van der Waals surface area contributed by atoms with Crippen molar-refractivity contribution in [2.24, 2.45) is 0 Å². The fourth-order valence-corrected chi connectivity index (χ4v) is 3.51. The van der Waals surface area contributed by atoms with Crippen molar-refractivity contribution in [2.45, 2.75) is 33.2 Å². The van der Waals surface area contributed by atoms with Crippen LogP contribution in [0, 0.1) is 19.7 Å². The van der Waals surface area contributed by atoms with Crippen LogP contribution in [0.1, 0.15) is 41.0 Å². The van der Waals surface area contributed by atoms with Crippen LogP contribution in [0.15, 0.2) is 24.3 Å². The van der Waals surface area contributed by atoms with Crippen LogP contribution in [0.3, 0.4) is 0 Å².